The summed E-state index contributed by atoms with van der Waals surface area (Å²) in [6.07, 6.45) is 5.80. The van der Waals surface area contributed by atoms with Crippen LogP contribution in [0.25, 0.3) is 0 Å². The Morgan fingerprint density at radius 2 is 2.23 bits per heavy atom. The zero-order chi connectivity index (χ0) is 9.52. The van der Waals surface area contributed by atoms with E-state index in [0.717, 1.165) is 13.0 Å². The van der Waals surface area contributed by atoms with E-state index in [2.05, 4.69) is 17.2 Å². The quantitative estimate of drug-likeness (QED) is 0.452. The van der Waals surface area contributed by atoms with Gasteiger partial charge >= 0.3 is 0 Å². The predicted molar refractivity (Wildman–Crippen MR) is 53.5 cm³/mol. The van der Waals surface area contributed by atoms with Crippen LogP contribution < -0.4 is 10.6 Å². The van der Waals surface area contributed by atoms with Crippen LogP contribution in [0.5, 0.6) is 0 Å². The maximum atomic E-state index is 11.1. The third-order valence-electron chi connectivity index (χ3n) is 2.03. The molecule has 0 aliphatic heterocycles. The monoisotopic (exact) mass is 182 g/mol. The SMILES string of the molecule is C=CCCNC(=O)CCNC1CC1. The first-order valence-electron chi connectivity index (χ1n) is 4.94. The van der Waals surface area contributed by atoms with Gasteiger partial charge in [-0.05, 0) is 19.3 Å². The number of rotatable bonds is 7. The van der Waals surface area contributed by atoms with E-state index in [1.165, 1.54) is 12.8 Å². The van der Waals surface area contributed by atoms with Crippen molar-refractivity contribution in [1.29, 1.82) is 0 Å². The minimum Gasteiger partial charge on any atom is -0.356 e. The van der Waals surface area contributed by atoms with Crippen LogP contribution in [-0.4, -0.2) is 25.0 Å². The Labute approximate surface area is 79.6 Å². The molecule has 3 nitrogen and oxygen atoms in total. The van der Waals surface area contributed by atoms with E-state index >= 15 is 0 Å². The molecule has 1 aliphatic rings. The van der Waals surface area contributed by atoms with Crippen LogP contribution in [0.2, 0.25) is 0 Å². The van der Waals surface area contributed by atoms with E-state index < -0.39 is 0 Å². The molecule has 13 heavy (non-hydrogen) atoms. The number of carbonyl (C=O) groups is 1. The first-order chi connectivity index (χ1) is 6.33. The summed E-state index contributed by atoms with van der Waals surface area (Å²) in [6.45, 7) is 5.11. The zero-order valence-electron chi connectivity index (χ0n) is 8.01. The van der Waals surface area contributed by atoms with Crippen LogP contribution in [0.15, 0.2) is 12.7 Å². The number of amides is 1. The smallest absolute Gasteiger partial charge is 0.221 e. The highest BCUT2D eigenvalue weighted by atomic mass is 16.1. The van der Waals surface area contributed by atoms with Gasteiger partial charge in [-0.1, -0.05) is 6.08 Å². The summed E-state index contributed by atoms with van der Waals surface area (Å²) in [4.78, 5) is 11.1. The summed E-state index contributed by atoms with van der Waals surface area (Å²) in [6, 6.07) is 0.695. The molecule has 3 heteroatoms. The fraction of sp³-hybridized carbons (Fsp3) is 0.700. The van der Waals surface area contributed by atoms with Crippen LogP contribution in [0.3, 0.4) is 0 Å². The van der Waals surface area contributed by atoms with Gasteiger partial charge in [0.2, 0.25) is 5.91 Å². The molecule has 0 atom stereocenters. The molecule has 0 aromatic rings. The lowest BCUT2D eigenvalue weighted by atomic mass is 10.3. The molecule has 2 N–H and O–H groups in total. The second kappa shape index (κ2) is 5.75. The number of hydrogen-bond acceptors (Lipinski definition) is 2. The van der Waals surface area contributed by atoms with Gasteiger partial charge in [0.1, 0.15) is 0 Å². The minimum absolute atomic E-state index is 0.134. The maximum absolute atomic E-state index is 11.1. The highest BCUT2D eigenvalue weighted by molar-refractivity contribution is 5.76. The van der Waals surface area contributed by atoms with E-state index in [9.17, 15) is 4.79 Å². The van der Waals surface area contributed by atoms with Crippen molar-refractivity contribution < 1.29 is 4.79 Å². The van der Waals surface area contributed by atoms with Gasteiger partial charge in [-0.15, -0.1) is 6.58 Å². The lowest BCUT2D eigenvalue weighted by Crippen LogP contribution is -2.28. The number of hydrogen-bond donors (Lipinski definition) is 2. The average Bonchev–Trinajstić information content (AvgIpc) is 2.89. The molecule has 0 heterocycles. The highest BCUT2D eigenvalue weighted by Gasteiger charge is 2.19. The third kappa shape index (κ3) is 5.42. The fourth-order valence-corrected chi connectivity index (χ4v) is 1.08. The van der Waals surface area contributed by atoms with Crippen molar-refractivity contribution in [2.24, 2.45) is 0 Å². The highest BCUT2D eigenvalue weighted by Crippen LogP contribution is 2.18. The normalized spacial score (nSPS) is 15.4. The molecule has 0 saturated heterocycles. The first kappa shape index (κ1) is 10.3. The summed E-state index contributed by atoms with van der Waals surface area (Å²) in [5, 5.41) is 6.12. The molecule has 74 valence electrons. The first-order valence-corrected chi connectivity index (χ1v) is 4.94. The summed E-state index contributed by atoms with van der Waals surface area (Å²) >= 11 is 0. The van der Waals surface area contributed by atoms with Gasteiger partial charge in [-0.2, -0.15) is 0 Å². The molecule has 0 bridgehead atoms. The van der Waals surface area contributed by atoms with Crippen molar-refractivity contribution >= 4 is 5.91 Å². The second-order valence-corrected chi connectivity index (χ2v) is 3.41. The van der Waals surface area contributed by atoms with Crippen LogP contribution >= 0.6 is 0 Å². The Morgan fingerprint density at radius 3 is 2.85 bits per heavy atom. The fourth-order valence-electron chi connectivity index (χ4n) is 1.08. The van der Waals surface area contributed by atoms with E-state index in [4.69, 9.17) is 0 Å². The molecule has 0 aromatic carbocycles. The van der Waals surface area contributed by atoms with Gasteiger partial charge < -0.3 is 10.6 Å². The van der Waals surface area contributed by atoms with Gasteiger partial charge in [0.15, 0.2) is 0 Å². The molecule has 1 aliphatic carbocycles. The van der Waals surface area contributed by atoms with Crippen LogP contribution in [0.4, 0.5) is 0 Å². The van der Waals surface area contributed by atoms with Crippen molar-refractivity contribution in [3.63, 3.8) is 0 Å². The van der Waals surface area contributed by atoms with Crippen LogP contribution in [-0.2, 0) is 4.79 Å². The average molecular weight is 182 g/mol. The maximum Gasteiger partial charge on any atom is 0.221 e. The Kier molecular flexibility index (Phi) is 4.54. The predicted octanol–water partition coefficient (Wildman–Crippen LogP) is 0.821. The zero-order valence-corrected chi connectivity index (χ0v) is 8.01. The largest absolute Gasteiger partial charge is 0.356 e. The van der Waals surface area contributed by atoms with Crippen LogP contribution in [0.1, 0.15) is 25.7 Å². The van der Waals surface area contributed by atoms with Crippen molar-refractivity contribution in [2.45, 2.75) is 31.7 Å². The minimum atomic E-state index is 0.134. The number of carbonyl (C=O) groups excluding carboxylic acids is 1. The summed E-state index contributed by atoms with van der Waals surface area (Å²) < 4.78 is 0. The van der Waals surface area contributed by atoms with Crippen molar-refractivity contribution in [1.82, 2.24) is 10.6 Å². The van der Waals surface area contributed by atoms with Gasteiger partial charge in [0.05, 0.1) is 0 Å². The van der Waals surface area contributed by atoms with Gasteiger partial charge in [-0.3, -0.25) is 4.79 Å². The Hall–Kier alpha value is -0.830. The standard InChI is InChI=1S/C10H18N2O/c1-2-3-7-12-10(13)6-8-11-9-4-5-9/h2,9,11H,1,3-8H2,(H,12,13). The van der Waals surface area contributed by atoms with Gasteiger partial charge in [-0.25, -0.2) is 0 Å². The topological polar surface area (TPSA) is 41.1 Å². The number of nitrogens with one attached hydrogen (secondary N) is 2. The molecule has 1 fully saturated rings. The molecule has 0 radical (unpaired) electrons. The molecule has 1 rings (SSSR count). The van der Waals surface area contributed by atoms with E-state index in [1.54, 1.807) is 0 Å². The molecular formula is C10H18N2O. The molecular weight excluding hydrogens is 164 g/mol. The molecule has 1 saturated carbocycles. The molecule has 0 aromatic heterocycles. The van der Waals surface area contributed by atoms with Crippen molar-refractivity contribution in [3.05, 3.63) is 12.7 Å². The van der Waals surface area contributed by atoms with E-state index in [-0.39, 0.29) is 5.91 Å². The van der Waals surface area contributed by atoms with Gasteiger partial charge in [0.25, 0.3) is 0 Å². The molecule has 1 amide bonds. The molecule has 0 spiro atoms. The van der Waals surface area contributed by atoms with Crippen molar-refractivity contribution in [3.8, 4) is 0 Å². The Morgan fingerprint density at radius 1 is 1.46 bits per heavy atom. The molecule has 0 unspecified atom stereocenters. The van der Waals surface area contributed by atoms with Crippen molar-refractivity contribution in [2.75, 3.05) is 13.1 Å². The van der Waals surface area contributed by atoms with Gasteiger partial charge in [0, 0.05) is 25.6 Å². The lowest BCUT2D eigenvalue weighted by molar-refractivity contribution is -0.120. The van der Waals surface area contributed by atoms with E-state index in [0.29, 0.717) is 19.0 Å². The van der Waals surface area contributed by atoms with E-state index in [1.807, 2.05) is 6.08 Å². The summed E-state index contributed by atoms with van der Waals surface area (Å²) in [5.41, 5.74) is 0. The Bertz CT molecular complexity index is 176. The second-order valence-electron chi connectivity index (χ2n) is 3.41. The summed E-state index contributed by atoms with van der Waals surface area (Å²) in [7, 11) is 0. The Balaban J connectivity index is 1.87. The lowest BCUT2D eigenvalue weighted by Gasteiger charge is -2.03. The summed E-state index contributed by atoms with van der Waals surface area (Å²) in [5.74, 6) is 0.134. The van der Waals surface area contributed by atoms with Crippen LogP contribution in [0, 0.1) is 0 Å². The third-order valence-corrected chi connectivity index (χ3v) is 2.03.